The van der Waals surface area contributed by atoms with Crippen LogP contribution in [0.25, 0.3) is 20.2 Å². The highest BCUT2D eigenvalue weighted by molar-refractivity contribution is 7.25. The zero-order valence-electron chi connectivity index (χ0n) is 9.07. The Morgan fingerprint density at radius 3 is 2.50 bits per heavy atom. The Morgan fingerprint density at radius 1 is 1.06 bits per heavy atom. The van der Waals surface area contributed by atoms with Crippen LogP contribution in [0.4, 0.5) is 4.39 Å². The van der Waals surface area contributed by atoms with E-state index in [0.29, 0.717) is 15.6 Å². The lowest BCUT2D eigenvalue weighted by molar-refractivity contribution is 0.638. The van der Waals surface area contributed by atoms with E-state index in [1.165, 1.54) is 17.4 Å². The molecule has 0 N–H and O–H groups in total. The normalized spacial score (nSPS) is 10.4. The molecule has 3 rings (SSSR count). The summed E-state index contributed by atoms with van der Waals surface area (Å²) in [5.41, 5.74) is 0.269. The SMILES string of the molecule is N#Cc1cc(C#N)c2c(sc3ccccc32)c1F. The Morgan fingerprint density at radius 2 is 1.78 bits per heavy atom. The molecule has 0 aliphatic carbocycles. The summed E-state index contributed by atoms with van der Waals surface area (Å²) in [7, 11) is 0. The first-order chi connectivity index (χ1) is 8.76. The number of hydrogen-bond acceptors (Lipinski definition) is 3. The number of fused-ring (bicyclic) bond motifs is 3. The monoisotopic (exact) mass is 252 g/mol. The molecule has 3 aromatic rings. The lowest BCUT2D eigenvalue weighted by Crippen LogP contribution is -1.87. The Bertz CT molecular complexity index is 865. The highest BCUT2D eigenvalue weighted by atomic mass is 32.1. The summed E-state index contributed by atoms with van der Waals surface area (Å²) in [6, 6.07) is 12.6. The minimum absolute atomic E-state index is 0.0781. The van der Waals surface area contributed by atoms with E-state index in [9.17, 15) is 4.39 Å². The van der Waals surface area contributed by atoms with Crippen molar-refractivity contribution in [2.45, 2.75) is 0 Å². The number of nitriles is 2. The molecule has 0 bridgehead atoms. The van der Waals surface area contributed by atoms with Crippen LogP contribution in [-0.2, 0) is 0 Å². The van der Waals surface area contributed by atoms with Crippen LogP contribution in [0.2, 0.25) is 0 Å². The number of rotatable bonds is 0. The molecule has 0 amide bonds. The maximum Gasteiger partial charge on any atom is 0.158 e. The molecular formula is C14H5FN2S. The maximum absolute atomic E-state index is 14.1. The third kappa shape index (κ3) is 1.30. The molecular weight excluding hydrogens is 247 g/mol. The molecule has 0 saturated carbocycles. The molecule has 84 valence electrons. The van der Waals surface area contributed by atoms with Crippen molar-refractivity contribution >= 4 is 31.5 Å². The number of nitrogens with zero attached hydrogens (tertiary/aromatic N) is 2. The van der Waals surface area contributed by atoms with Crippen molar-refractivity contribution in [2.24, 2.45) is 0 Å². The molecule has 2 aromatic carbocycles. The summed E-state index contributed by atoms with van der Waals surface area (Å²) >= 11 is 1.27. The van der Waals surface area contributed by atoms with Gasteiger partial charge in [0, 0.05) is 15.5 Å². The van der Waals surface area contributed by atoms with E-state index in [0.717, 1.165) is 10.1 Å². The number of thiophene rings is 1. The van der Waals surface area contributed by atoms with Gasteiger partial charge in [-0.25, -0.2) is 4.39 Å². The van der Waals surface area contributed by atoms with Crippen LogP contribution in [0.3, 0.4) is 0 Å². The zero-order chi connectivity index (χ0) is 12.7. The highest BCUT2D eigenvalue weighted by Gasteiger charge is 2.16. The molecule has 1 aromatic heterocycles. The van der Waals surface area contributed by atoms with Crippen LogP contribution in [0.15, 0.2) is 30.3 Å². The molecule has 0 atom stereocenters. The van der Waals surface area contributed by atoms with Gasteiger partial charge in [0.25, 0.3) is 0 Å². The Hall–Kier alpha value is -2.43. The molecule has 0 unspecified atom stereocenters. The lowest BCUT2D eigenvalue weighted by Gasteiger charge is -1.98. The molecule has 0 fully saturated rings. The summed E-state index contributed by atoms with van der Waals surface area (Å²) in [5.74, 6) is -0.535. The highest BCUT2D eigenvalue weighted by Crippen LogP contribution is 2.38. The third-order valence-corrected chi connectivity index (χ3v) is 3.99. The van der Waals surface area contributed by atoms with Crippen molar-refractivity contribution in [3.05, 3.63) is 47.3 Å². The van der Waals surface area contributed by atoms with Crippen LogP contribution in [0.5, 0.6) is 0 Å². The molecule has 0 aliphatic heterocycles. The third-order valence-electron chi connectivity index (χ3n) is 2.83. The first kappa shape index (κ1) is 10.7. The van der Waals surface area contributed by atoms with Crippen molar-refractivity contribution in [2.75, 3.05) is 0 Å². The van der Waals surface area contributed by atoms with Crippen LogP contribution in [0.1, 0.15) is 11.1 Å². The summed E-state index contributed by atoms with van der Waals surface area (Å²) in [5, 5.41) is 19.5. The van der Waals surface area contributed by atoms with Gasteiger partial charge in [-0.05, 0) is 12.1 Å². The van der Waals surface area contributed by atoms with E-state index >= 15 is 0 Å². The molecule has 1 heterocycles. The molecule has 0 radical (unpaired) electrons. The van der Waals surface area contributed by atoms with E-state index in [1.54, 1.807) is 6.07 Å². The predicted molar refractivity (Wildman–Crippen MR) is 68.7 cm³/mol. The van der Waals surface area contributed by atoms with Crippen molar-refractivity contribution in [1.82, 2.24) is 0 Å². The largest absolute Gasteiger partial charge is 0.204 e. The Balaban J connectivity index is 2.64. The molecule has 0 spiro atoms. The predicted octanol–water partition coefficient (Wildman–Crippen LogP) is 3.94. The lowest BCUT2D eigenvalue weighted by atomic mass is 10.0. The fraction of sp³-hybridized carbons (Fsp3) is 0. The van der Waals surface area contributed by atoms with E-state index in [1.807, 2.05) is 30.3 Å². The van der Waals surface area contributed by atoms with Crippen LogP contribution in [0, 0.1) is 28.5 Å². The number of benzene rings is 2. The van der Waals surface area contributed by atoms with E-state index < -0.39 is 5.82 Å². The van der Waals surface area contributed by atoms with Crippen LogP contribution in [-0.4, -0.2) is 0 Å². The van der Waals surface area contributed by atoms with Gasteiger partial charge in [-0.15, -0.1) is 11.3 Å². The second kappa shape index (κ2) is 3.80. The quantitative estimate of drug-likeness (QED) is 0.608. The number of halogens is 1. The minimum Gasteiger partial charge on any atom is -0.204 e. The first-order valence-corrected chi connectivity index (χ1v) is 6.02. The van der Waals surface area contributed by atoms with Crippen molar-refractivity contribution in [1.29, 1.82) is 10.5 Å². The van der Waals surface area contributed by atoms with Gasteiger partial charge in [-0.1, -0.05) is 18.2 Å². The molecule has 0 aliphatic rings. The first-order valence-electron chi connectivity index (χ1n) is 5.20. The summed E-state index contributed by atoms with van der Waals surface area (Å²) in [6.07, 6.45) is 0. The fourth-order valence-electron chi connectivity index (χ4n) is 2.04. The average molecular weight is 252 g/mol. The average Bonchev–Trinajstić information content (AvgIpc) is 2.80. The van der Waals surface area contributed by atoms with E-state index in [4.69, 9.17) is 10.5 Å². The zero-order valence-corrected chi connectivity index (χ0v) is 9.88. The van der Waals surface area contributed by atoms with Crippen LogP contribution < -0.4 is 0 Å². The fourth-order valence-corrected chi connectivity index (χ4v) is 3.21. The Kier molecular flexibility index (Phi) is 2.26. The summed E-state index contributed by atoms with van der Waals surface area (Å²) in [4.78, 5) is 0. The van der Waals surface area contributed by atoms with Gasteiger partial charge in [0.1, 0.15) is 6.07 Å². The standard InChI is InChI=1S/C14H5FN2S/c15-13-9(7-17)5-8(6-16)12-10-3-1-2-4-11(10)18-14(12)13/h1-5H. The second-order valence-electron chi connectivity index (χ2n) is 3.81. The smallest absolute Gasteiger partial charge is 0.158 e. The number of hydrogen-bond donors (Lipinski definition) is 0. The van der Waals surface area contributed by atoms with Gasteiger partial charge >= 0.3 is 0 Å². The molecule has 0 saturated heterocycles. The molecule has 18 heavy (non-hydrogen) atoms. The van der Waals surface area contributed by atoms with Gasteiger partial charge in [-0.3, -0.25) is 0 Å². The van der Waals surface area contributed by atoms with Crippen molar-refractivity contribution in [3.8, 4) is 12.1 Å². The Labute approximate surface area is 106 Å². The van der Waals surface area contributed by atoms with Gasteiger partial charge in [0.2, 0.25) is 0 Å². The minimum atomic E-state index is -0.535. The van der Waals surface area contributed by atoms with E-state index in [-0.39, 0.29) is 5.56 Å². The van der Waals surface area contributed by atoms with Crippen molar-refractivity contribution < 1.29 is 4.39 Å². The van der Waals surface area contributed by atoms with Crippen molar-refractivity contribution in [3.63, 3.8) is 0 Å². The second-order valence-corrected chi connectivity index (χ2v) is 4.86. The van der Waals surface area contributed by atoms with E-state index in [2.05, 4.69) is 0 Å². The van der Waals surface area contributed by atoms with Gasteiger partial charge < -0.3 is 0 Å². The van der Waals surface area contributed by atoms with Gasteiger partial charge in [0.15, 0.2) is 5.82 Å². The van der Waals surface area contributed by atoms with Gasteiger partial charge in [-0.2, -0.15) is 10.5 Å². The summed E-state index contributed by atoms with van der Waals surface area (Å²) in [6.45, 7) is 0. The topological polar surface area (TPSA) is 47.6 Å². The maximum atomic E-state index is 14.1. The van der Waals surface area contributed by atoms with Crippen LogP contribution >= 0.6 is 11.3 Å². The molecule has 4 heteroatoms. The molecule has 2 nitrogen and oxygen atoms in total. The van der Waals surface area contributed by atoms with Gasteiger partial charge in [0.05, 0.1) is 21.9 Å². The summed E-state index contributed by atoms with van der Waals surface area (Å²) < 4.78 is 15.4.